The molecule has 0 bridgehead atoms. The topological polar surface area (TPSA) is 47.6 Å². The minimum atomic E-state index is -0.496. The molecule has 0 saturated carbocycles. The third kappa shape index (κ3) is 4.80. The minimum absolute atomic E-state index is 0.460. The maximum Gasteiger partial charge on any atom is 0.412 e. The first-order chi connectivity index (χ1) is 7.81. The number of halogens is 1. The second-order valence-electron chi connectivity index (χ2n) is 4.48. The van der Waals surface area contributed by atoms with Crippen molar-refractivity contribution in [3.63, 3.8) is 0 Å². The highest BCUT2D eigenvalue weighted by Crippen LogP contribution is 2.24. The van der Waals surface area contributed by atoms with Crippen LogP contribution in [0.1, 0.15) is 20.8 Å². The molecule has 1 aromatic carbocycles. The Bertz CT molecular complexity index is 413. The first kappa shape index (κ1) is 14.1. The number of rotatable bonds is 2. The zero-order valence-corrected chi connectivity index (χ0v) is 12.5. The van der Waals surface area contributed by atoms with Gasteiger partial charge in [0.1, 0.15) is 11.4 Å². The average Bonchev–Trinajstić information content (AvgIpc) is 2.14. The maximum atomic E-state index is 11.5. The fourth-order valence-corrected chi connectivity index (χ4v) is 1.90. The van der Waals surface area contributed by atoms with Gasteiger partial charge in [0.2, 0.25) is 0 Å². The quantitative estimate of drug-likeness (QED) is 0.830. The van der Waals surface area contributed by atoms with E-state index in [9.17, 15) is 4.79 Å². The number of carbonyl (C=O) groups excluding carboxylic acids is 1. The predicted octanol–water partition coefficient (Wildman–Crippen LogP) is 3.65. The molecule has 17 heavy (non-hydrogen) atoms. The zero-order chi connectivity index (χ0) is 13.1. The largest absolute Gasteiger partial charge is 0.496 e. The van der Waals surface area contributed by atoms with Crippen molar-refractivity contribution in [2.75, 3.05) is 12.4 Å². The third-order valence-corrected chi connectivity index (χ3v) is 2.64. The molecule has 1 aromatic rings. The predicted molar refractivity (Wildman–Crippen MR) is 75.6 cm³/mol. The molecule has 0 saturated heterocycles. The summed E-state index contributed by atoms with van der Waals surface area (Å²) in [6, 6.07) is 5.39. The molecule has 0 radical (unpaired) electrons. The van der Waals surface area contributed by atoms with Crippen LogP contribution in [0.5, 0.6) is 5.75 Å². The van der Waals surface area contributed by atoms with Crippen molar-refractivity contribution in [3.8, 4) is 5.75 Å². The van der Waals surface area contributed by atoms with Gasteiger partial charge in [-0.05, 0) is 61.6 Å². The lowest BCUT2D eigenvalue weighted by atomic mass is 10.2. The standard InChI is InChI=1S/C12H16INO3/c1-12(2,3)17-11(15)14-8-5-6-10(16-4)9(13)7-8/h5-7H,1-4H3,(H,14,15). The van der Waals surface area contributed by atoms with Crippen LogP contribution in [0.15, 0.2) is 18.2 Å². The van der Waals surface area contributed by atoms with E-state index < -0.39 is 11.7 Å². The van der Waals surface area contributed by atoms with Gasteiger partial charge in [-0.2, -0.15) is 0 Å². The van der Waals surface area contributed by atoms with Crippen LogP contribution in [0.3, 0.4) is 0 Å². The van der Waals surface area contributed by atoms with Crippen molar-refractivity contribution in [2.24, 2.45) is 0 Å². The highest BCUT2D eigenvalue weighted by atomic mass is 127. The molecule has 0 aliphatic carbocycles. The Morgan fingerprint density at radius 3 is 2.47 bits per heavy atom. The van der Waals surface area contributed by atoms with Gasteiger partial charge in [-0.3, -0.25) is 5.32 Å². The lowest BCUT2D eigenvalue weighted by molar-refractivity contribution is 0.0636. The number of hydrogen-bond donors (Lipinski definition) is 1. The molecule has 5 heteroatoms. The number of methoxy groups -OCH3 is 1. The van der Waals surface area contributed by atoms with E-state index in [0.717, 1.165) is 9.32 Å². The normalized spacial score (nSPS) is 10.9. The molecule has 94 valence electrons. The lowest BCUT2D eigenvalue weighted by Gasteiger charge is -2.19. The highest BCUT2D eigenvalue weighted by molar-refractivity contribution is 14.1. The Morgan fingerprint density at radius 2 is 2.00 bits per heavy atom. The SMILES string of the molecule is COc1ccc(NC(=O)OC(C)(C)C)cc1I. The number of ether oxygens (including phenoxy) is 2. The molecular formula is C12H16INO3. The van der Waals surface area contributed by atoms with Crippen molar-refractivity contribution < 1.29 is 14.3 Å². The summed E-state index contributed by atoms with van der Waals surface area (Å²) in [5.41, 5.74) is 0.188. The van der Waals surface area contributed by atoms with Crippen LogP contribution >= 0.6 is 22.6 Å². The van der Waals surface area contributed by atoms with Crippen LogP contribution in [-0.2, 0) is 4.74 Å². The summed E-state index contributed by atoms with van der Waals surface area (Å²) in [6.45, 7) is 5.47. The molecule has 4 nitrogen and oxygen atoms in total. The van der Waals surface area contributed by atoms with Crippen LogP contribution in [0.2, 0.25) is 0 Å². The first-order valence-electron chi connectivity index (χ1n) is 5.15. The van der Waals surface area contributed by atoms with Crippen LogP contribution in [0.4, 0.5) is 10.5 Å². The molecule has 1 amide bonds. The minimum Gasteiger partial charge on any atom is -0.496 e. The molecular weight excluding hydrogens is 333 g/mol. The Labute approximate surface area is 115 Å². The Kier molecular flexibility index (Phi) is 4.62. The van der Waals surface area contributed by atoms with E-state index >= 15 is 0 Å². The summed E-state index contributed by atoms with van der Waals surface area (Å²) < 4.78 is 11.2. The Balaban J connectivity index is 2.69. The molecule has 0 aliphatic heterocycles. The second kappa shape index (κ2) is 5.57. The molecule has 1 N–H and O–H groups in total. The van der Waals surface area contributed by atoms with E-state index in [1.54, 1.807) is 19.2 Å². The highest BCUT2D eigenvalue weighted by Gasteiger charge is 2.16. The number of nitrogens with one attached hydrogen (secondary N) is 1. The number of hydrogen-bond acceptors (Lipinski definition) is 3. The van der Waals surface area contributed by atoms with E-state index in [1.165, 1.54) is 0 Å². The van der Waals surface area contributed by atoms with E-state index in [2.05, 4.69) is 27.9 Å². The van der Waals surface area contributed by atoms with Crippen molar-refractivity contribution in [1.82, 2.24) is 0 Å². The van der Waals surface area contributed by atoms with E-state index in [4.69, 9.17) is 9.47 Å². The summed E-state index contributed by atoms with van der Waals surface area (Å²) in [7, 11) is 1.61. The van der Waals surface area contributed by atoms with Gasteiger partial charge in [0.15, 0.2) is 0 Å². The van der Waals surface area contributed by atoms with Gasteiger partial charge < -0.3 is 9.47 Å². The number of carbonyl (C=O) groups is 1. The molecule has 1 rings (SSSR count). The van der Waals surface area contributed by atoms with Crippen LogP contribution in [-0.4, -0.2) is 18.8 Å². The zero-order valence-electron chi connectivity index (χ0n) is 10.3. The maximum absolute atomic E-state index is 11.5. The van der Waals surface area contributed by atoms with Gasteiger partial charge in [-0.15, -0.1) is 0 Å². The molecule has 0 fully saturated rings. The number of benzene rings is 1. The Morgan fingerprint density at radius 1 is 1.35 bits per heavy atom. The van der Waals surface area contributed by atoms with Crippen LogP contribution in [0, 0.1) is 3.57 Å². The summed E-state index contributed by atoms with van der Waals surface area (Å²) in [6.07, 6.45) is -0.460. The monoisotopic (exact) mass is 349 g/mol. The van der Waals surface area contributed by atoms with Gasteiger partial charge in [0, 0.05) is 5.69 Å². The smallest absolute Gasteiger partial charge is 0.412 e. The van der Waals surface area contributed by atoms with Gasteiger partial charge in [0.05, 0.1) is 10.7 Å². The van der Waals surface area contributed by atoms with Gasteiger partial charge in [0.25, 0.3) is 0 Å². The van der Waals surface area contributed by atoms with Gasteiger partial charge >= 0.3 is 6.09 Å². The third-order valence-electron chi connectivity index (χ3n) is 1.80. The number of anilines is 1. The molecule has 0 spiro atoms. The van der Waals surface area contributed by atoms with E-state index in [1.807, 2.05) is 26.8 Å². The van der Waals surface area contributed by atoms with E-state index in [0.29, 0.717) is 5.69 Å². The van der Waals surface area contributed by atoms with Gasteiger partial charge in [-0.25, -0.2) is 4.79 Å². The van der Waals surface area contributed by atoms with Gasteiger partial charge in [-0.1, -0.05) is 0 Å². The summed E-state index contributed by atoms with van der Waals surface area (Å²) in [5, 5.41) is 2.67. The van der Waals surface area contributed by atoms with Crippen molar-refractivity contribution >= 4 is 34.4 Å². The first-order valence-corrected chi connectivity index (χ1v) is 6.23. The summed E-state index contributed by atoms with van der Waals surface area (Å²) in [5.74, 6) is 0.778. The molecule has 0 aliphatic rings. The summed E-state index contributed by atoms with van der Waals surface area (Å²) in [4.78, 5) is 11.5. The second-order valence-corrected chi connectivity index (χ2v) is 5.64. The van der Waals surface area contributed by atoms with Crippen LogP contribution in [0.25, 0.3) is 0 Å². The van der Waals surface area contributed by atoms with Crippen molar-refractivity contribution in [1.29, 1.82) is 0 Å². The van der Waals surface area contributed by atoms with Crippen molar-refractivity contribution in [3.05, 3.63) is 21.8 Å². The fourth-order valence-electron chi connectivity index (χ4n) is 1.17. The lowest BCUT2D eigenvalue weighted by Crippen LogP contribution is -2.27. The molecule has 0 unspecified atom stereocenters. The molecule has 0 heterocycles. The van der Waals surface area contributed by atoms with E-state index in [-0.39, 0.29) is 0 Å². The average molecular weight is 349 g/mol. The number of amides is 1. The molecule has 0 aromatic heterocycles. The van der Waals surface area contributed by atoms with Crippen molar-refractivity contribution in [2.45, 2.75) is 26.4 Å². The summed E-state index contributed by atoms with van der Waals surface area (Å²) >= 11 is 2.14. The van der Waals surface area contributed by atoms with Crippen LogP contribution < -0.4 is 10.1 Å². The Hall–Kier alpha value is -0.980. The molecule has 0 atom stereocenters. The fraction of sp³-hybridized carbons (Fsp3) is 0.417.